The van der Waals surface area contributed by atoms with Crippen LogP contribution in [-0.2, 0) is 14.3 Å². The molecular formula is C15H27NO5. The molecule has 0 aromatic carbocycles. The zero-order chi connectivity index (χ0) is 16.5. The summed E-state index contributed by atoms with van der Waals surface area (Å²) < 4.78 is 10.5. The zero-order valence-corrected chi connectivity index (χ0v) is 13.9. The molecule has 0 atom stereocenters. The van der Waals surface area contributed by atoms with Gasteiger partial charge in [0.1, 0.15) is 11.2 Å². The third kappa shape index (κ3) is 5.53. The summed E-state index contributed by atoms with van der Waals surface area (Å²) in [5, 5.41) is 9.53. The monoisotopic (exact) mass is 301 g/mol. The number of ether oxygens (including phenoxy) is 2. The predicted molar refractivity (Wildman–Crippen MR) is 77.8 cm³/mol. The van der Waals surface area contributed by atoms with Gasteiger partial charge in [-0.2, -0.15) is 0 Å². The number of rotatable bonds is 3. The SMILES string of the molecule is CC(C)(C)OC(=O)CC1(CO)CN(C(=O)OC(C)(C)C)C1. The lowest BCUT2D eigenvalue weighted by molar-refractivity contribution is -0.163. The minimum Gasteiger partial charge on any atom is -0.460 e. The second kappa shape index (κ2) is 5.83. The van der Waals surface area contributed by atoms with Gasteiger partial charge in [0.05, 0.1) is 13.0 Å². The molecule has 21 heavy (non-hydrogen) atoms. The van der Waals surface area contributed by atoms with Crippen LogP contribution >= 0.6 is 0 Å². The highest BCUT2D eigenvalue weighted by atomic mass is 16.6. The number of aliphatic hydroxyl groups is 1. The van der Waals surface area contributed by atoms with E-state index in [-0.39, 0.29) is 19.0 Å². The molecule has 6 heteroatoms. The maximum atomic E-state index is 11.9. The number of carbonyl (C=O) groups excluding carboxylic acids is 2. The molecule has 6 nitrogen and oxygen atoms in total. The highest BCUT2D eigenvalue weighted by Crippen LogP contribution is 2.35. The van der Waals surface area contributed by atoms with Gasteiger partial charge in [-0.25, -0.2) is 4.79 Å². The first-order chi connectivity index (χ1) is 9.36. The number of hydrogen-bond donors (Lipinski definition) is 1. The van der Waals surface area contributed by atoms with Gasteiger partial charge in [0.25, 0.3) is 0 Å². The van der Waals surface area contributed by atoms with Crippen LogP contribution in [-0.4, -0.2) is 53.0 Å². The van der Waals surface area contributed by atoms with Gasteiger partial charge in [0.15, 0.2) is 0 Å². The van der Waals surface area contributed by atoms with Crippen LogP contribution in [0.3, 0.4) is 0 Å². The van der Waals surface area contributed by atoms with Crippen LogP contribution in [0.1, 0.15) is 48.0 Å². The van der Waals surface area contributed by atoms with Crippen LogP contribution in [0.5, 0.6) is 0 Å². The molecule has 0 spiro atoms. The molecule has 1 N–H and O–H groups in total. The Morgan fingerprint density at radius 1 is 1.05 bits per heavy atom. The van der Waals surface area contributed by atoms with E-state index in [4.69, 9.17) is 9.47 Å². The summed E-state index contributed by atoms with van der Waals surface area (Å²) in [6, 6.07) is 0. The quantitative estimate of drug-likeness (QED) is 0.806. The van der Waals surface area contributed by atoms with Crippen molar-refractivity contribution in [1.29, 1.82) is 0 Å². The van der Waals surface area contributed by atoms with E-state index in [2.05, 4.69) is 0 Å². The molecule has 0 aromatic rings. The topological polar surface area (TPSA) is 76.1 Å². The highest BCUT2D eigenvalue weighted by molar-refractivity contribution is 5.73. The summed E-state index contributed by atoms with van der Waals surface area (Å²) in [7, 11) is 0. The molecule has 122 valence electrons. The lowest BCUT2D eigenvalue weighted by Crippen LogP contribution is -2.61. The van der Waals surface area contributed by atoms with Gasteiger partial charge < -0.3 is 19.5 Å². The Morgan fingerprint density at radius 3 is 1.90 bits per heavy atom. The Hall–Kier alpha value is -1.30. The Labute approximate surface area is 126 Å². The van der Waals surface area contributed by atoms with E-state index in [1.165, 1.54) is 4.90 Å². The van der Waals surface area contributed by atoms with Crippen molar-refractivity contribution in [1.82, 2.24) is 4.90 Å². The summed E-state index contributed by atoms with van der Waals surface area (Å²) in [5.74, 6) is -0.361. The Balaban J connectivity index is 2.52. The minimum atomic E-state index is -0.612. The Bertz CT molecular complexity index is 399. The highest BCUT2D eigenvalue weighted by Gasteiger charge is 2.48. The van der Waals surface area contributed by atoms with E-state index in [1.807, 2.05) is 0 Å². The molecule has 1 heterocycles. The van der Waals surface area contributed by atoms with E-state index < -0.39 is 22.7 Å². The van der Waals surface area contributed by atoms with Crippen molar-refractivity contribution in [3.63, 3.8) is 0 Å². The van der Waals surface area contributed by atoms with E-state index in [0.717, 1.165) is 0 Å². The van der Waals surface area contributed by atoms with E-state index >= 15 is 0 Å². The maximum Gasteiger partial charge on any atom is 0.410 e. The first kappa shape index (κ1) is 17.8. The van der Waals surface area contributed by atoms with Crippen molar-refractivity contribution in [2.45, 2.75) is 59.2 Å². The number of amides is 1. The molecular weight excluding hydrogens is 274 g/mol. The fourth-order valence-electron chi connectivity index (χ4n) is 2.17. The molecule has 1 rings (SSSR count). The van der Waals surface area contributed by atoms with E-state index in [1.54, 1.807) is 41.5 Å². The molecule has 0 saturated carbocycles. The summed E-state index contributed by atoms with van der Waals surface area (Å²) in [6.45, 7) is 11.2. The molecule has 1 fully saturated rings. The first-order valence-electron chi connectivity index (χ1n) is 7.16. The fourth-order valence-corrected chi connectivity index (χ4v) is 2.17. The van der Waals surface area contributed by atoms with Crippen molar-refractivity contribution < 1.29 is 24.2 Å². The van der Waals surface area contributed by atoms with Gasteiger partial charge in [0, 0.05) is 18.5 Å². The third-order valence-corrected chi connectivity index (χ3v) is 2.98. The van der Waals surface area contributed by atoms with Gasteiger partial charge in [-0.1, -0.05) is 0 Å². The molecule has 0 bridgehead atoms. The van der Waals surface area contributed by atoms with Crippen molar-refractivity contribution in [2.24, 2.45) is 5.41 Å². The Kier molecular flexibility index (Phi) is 4.93. The van der Waals surface area contributed by atoms with Gasteiger partial charge >= 0.3 is 12.1 Å². The van der Waals surface area contributed by atoms with Crippen molar-refractivity contribution >= 4 is 12.1 Å². The molecule has 0 radical (unpaired) electrons. The fraction of sp³-hybridized carbons (Fsp3) is 0.867. The maximum absolute atomic E-state index is 11.9. The number of aliphatic hydroxyl groups excluding tert-OH is 1. The van der Waals surface area contributed by atoms with Crippen molar-refractivity contribution in [3.8, 4) is 0 Å². The Morgan fingerprint density at radius 2 is 1.52 bits per heavy atom. The zero-order valence-electron chi connectivity index (χ0n) is 13.9. The van der Waals surface area contributed by atoms with Gasteiger partial charge in [0.2, 0.25) is 0 Å². The van der Waals surface area contributed by atoms with Crippen LogP contribution in [0, 0.1) is 5.41 Å². The van der Waals surface area contributed by atoms with Gasteiger partial charge in [-0.3, -0.25) is 4.79 Å². The van der Waals surface area contributed by atoms with Crippen LogP contribution < -0.4 is 0 Å². The summed E-state index contributed by atoms with van der Waals surface area (Å²) >= 11 is 0. The van der Waals surface area contributed by atoms with Gasteiger partial charge in [-0.15, -0.1) is 0 Å². The molecule has 0 aliphatic carbocycles. The smallest absolute Gasteiger partial charge is 0.410 e. The normalized spacial score (nSPS) is 18.0. The molecule has 1 aliphatic heterocycles. The van der Waals surface area contributed by atoms with Crippen molar-refractivity contribution in [3.05, 3.63) is 0 Å². The largest absolute Gasteiger partial charge is 0.460 e. The second-order valence-corrected chi connectivity index (χ2v) is 7.76. The number of nitrogens with zero attached hydrogens (tertiary/aromatic N) is 1. The van der Waals surface area contributed by atoms with E-state index in [9.17, 15) is 14.7 Å². The summed E-state index contributed by atoms with van der Waals surface area (Å²) in [4.78, 5) is 25.2. The second-order valence-electron chi connectivity index (χ2n) is 7.76. The van der Waals surface area contributed by atoms with Crippen LogP contribution in [0.2, 0.25) is 0 Å². The number of hydrogen-bond acceptors (Lipinski definition) is 5. The first-order valence-corrected chi connectivity index (χ1v) is 7.16. The molecule has 0 unspecified atom stereocenters. The van der Waals surface area contributed by atoms with E-state index in [0.29, 0.717) is 13.1 Å². The van der Waals surface area contributed by atoms with Crippen LogP contribution in [0.15, 0.2) is 0 Å². The molecule has 1 amide bonds. The summed E-state index contributed by atoms with van der Waals surface area (Å²) in [6.07, 6.45) is -0.323. The lowest BCUT2D eigenvalue weighted by atomic mass is 9.78. The number of esters is 1. The standard InChI is InChI=1S/C15H27NO5/c1-13(2,3)20-11(18)7-15(10-17)8-16(9-15)12(19)21-14(4,5)6/h17H,7-10H2,1-6H3. The summed E-state index contributed by atoms with van der Waals surface area (Å²) in [5.41, 5.74) is -1.72. The average molecular weight is 301 g/mol. The third-order valence-electron chi connectivity index (χ3n) is 2.98. The lowest BCUT2D eigenvalue weighted by Gasteiger charge is -2.48. The molecule has 1 aliphatic rings. The van der Waals surface area contributed by atoms with Crippen molar-refractivity contribution in [2.75, 3.05) is 19.7 Å². The molecule has 1 saturated heterocycles. The predicted octanol–water partition coefficient (Wildman–Crippen LogP) is 1.95. The average Bonchev–Trinajstić information content (AvgIpc) is 2.17. The van der Waals surface area contributed by atoms with Crippen LogP contribution in [0.4, 0.5) is 4.79 Å². The van der Waals surface area contributed by atoms with Gasteiger partial charge in [-0.05, 0) is 41.5 Å². The van der Waals surface area contributed by atoms with Crippen LogP contribution in [0.25, 0.3) is 0 Å². The minimum absolute atomic E-state index is 0.0973. The number of carbonyl (C=O) groups is 2. The molecule has 0 aromatic heterocycles. The number of likely N-dealkylation sites (tertiary alicyclic amines) is 1.